The lowest BCUT2D eigenvalue weighted by molar-refractivity contribution is -0.131. The van der Waals surface area contributed by atoms with Crippen molar-refractivity contribution >= 4 is 5.97 Å². The molecule has 2 nitrogen and oxygen atoms in total. The highest BCUT2D eigenvalue weighted by Gasteiger charge is 2.01. The maximum atomic E-state index is 10.2. The largest absolute Gasteiger partial charge is 0.478 e. The standard InChI is InChI=1S/C16H30O2/c1-3-4-9-12-15(2)13-10-7-5-6-8-11-14-16(17)18/h11,14-15H,3-10,12-13H2,1-2H3,(H,17,18). The number of aliphatic carboxylic acids is 1. The second-order valence-corrected chi connectivity index (χ2v) is 5.33. The summed E-state index contributed by atoms with van der Waals surface area (Å²) in [5.74, 6) is 0.0411. The van der Waals surface area contributed by atoms with E-state index in [9.17, 15) is 4.79 Å². The number of carbonyl (C=O) groups is 1. The van der Waals surface area contributed by atoms with E-state index in [-0.39, 0.29) is 0 Å². The molecule has 0 fully saturated rings. The van der Waals surface area contributed by atoms with Crippen LogP contribution in [0.15, 0.2) is 12.2 Å². The van der Waals surface area contributed by atoms with Crippen LogP contribution in [-0.2, 0) is 4.79 Å². The molecule has 0 aromatic carbocycles. The predicted molar refractivity (Wildman–Crippen MR) is 77.8 cm³/mol. The summed E-state index contributed by atoms with van der Waals surface area (Å²) < 4.78 is 0. The zero-order valence-corrected chi connectivity index (χ0v) is 12.2. The Morgan fingerprint density at radius 2 is 1.67 bits per heavy atom. The fourth-order valence-corrected chi connectivity index (χ4v) is 2.18. The third kappa shape index (κ3) is 13.3. The Balaban J connectivity index is 3.22. The van der Waals surface area contributed by atoms with Gasteiger partial charge in [0.25, 0.3) is 0 Å². The van der Waals surface area contributed by atoms with Crippen LogP contribution in [0.25, 0.3) is 0 Å². The number of hydrogen-bond donors (Lipinski definition) is 1. The first-order valence-electron chi connectivity index (χ1n) is 7.56. The van der Waals surface area contributed by atoms with Gasteiger partial charge in [0.2, 0.25) is 0 Å². The molecule has 0 aromatic rings. The third-order valence-corrected chi connectivity index (χ3v) is 3.38. The molecule has 0 aliphatic heterocycles. The van der Waals surface area contributed by atoms with Gasteiger partial charge in [0, 0.05) is 6.08 Å². The molecule has 1 unspecified atom stereocenters. The van der Waals surface area contributed by atoms with Gasteiger partial charge in [-0.05, 0) is 18.8 Å². The number of carboxylic acid groups (broad SMARTS) is 1. The maximum absolute atomic E-state index is 10.2. The van der Waals surface area contributed by atoms with Crippen molar-refractivity contribution < 1.29 is 9.90 Å². The molecule has 0 rings (SSSR count). The van der Waals surface area contributed by atoms with Gasteiger partial charge in [-0.3, -0.25) is 0 Å². The first-order chi connectivity index (χ1) is 8.66. The summed E-state index contributed by atoms with van der Waals surface area (Å²) in [6.45, 7) is 4.62. The van der Waals surface area contributed by atoms with Gasteiger partial charge in [0.05, 0.1) is 0 Å². The van der Waals surface area contributed by atoms with Crippen LogP contribution < -0.4 is 0 Å². The first-order valence-corrected chi connectivity index (χ1v) is 7.56. The minimum absolute atomic E-state index is 0.837. The summed E-state index contributed by atoms with van der Waals surface area (Å²) in [5.41, 5.74) is 0. The average Bonchev–Trinajstić information content (AvgIpc) is 2.32. The molecule has 0 saturated heterocycles. The van der Waals surface area contributed by atoms with Crippen LogP contribution in [0.1, 0.15) is 78.1 Å². The molecule has 0 heterocycles. The van der Waals surface area contributed by atoms with Crippen LogP contribution in [0.5, 0.6) is 0 Å². The lowest BCUT2D eigenvalue weighted by Gasteiger charge is -2.10. The number of carboxylic acids is 1. The van der Waals surface area contributed by atoms with Gasteiger partial charge in [-0.15, -0.1) is 0 Å². The van der Waals surface area contributed by atoms with Crippen molar-refractivity contribution in [1.29, 1.82) is 0 Å². The Morgan fingerprint density at radius 1 is 1.06 bits per heavy atom. The molecule has 0 amide bonds. The summed E-state index contributed by atoms with van der Waals surface area (Å²) in [4.78, 5) is 10.2. The quantitative estimate of drug-likeness (QED) is 0.384. The molecule has 0 bridgehead atoms. The molecule has 18 heavy (non-hydrogen) atoms. The van der Waals surface area contributed by atoms with E-state index >= 15 is 0 Å². The normalized spacial score (nSPS) is 13.0. The Hall–Kier alpha value is -0.790. The van der Waals surface area contributed by atoms with Crippen molar-refractivity contribution in [3.63, 3.8) is 0 Å². The molecular weight excluding hydrogens is 224 g/mol. The highest BCUT2D eigenvalue weighted by atomic mass is 16.4. The van der Waals surface area contributed by atoms with Gasteiger partial charge < -0.3 is 5.11 Å². The predicted octanol–water partition coefficient (Wildman–Crippen LogP) is 5.18. The summed E-state index contributed by atoms with van der Waals surface area (Å²) in [6.07, 6.45) is 15.7. The van der Waals surface area contributed by atoms with Gasteiger partial charge in [-0.2, -0.15) is 0 Å². The fourth-order valence-electron chi connectivity index (χ4n) is 2.18. The maximum Gasteiger partial charge on any atom is 0.327 e. The summed E-state index contributed by atoms with van der Waals surface area (Å²) >= 11 is 0. The van der Waals surface area contributed by atoms with Crippen molar-refractivity contribution in [3.8, 4) is 0 Å². The fraction of sp³-hybridized carbons (Fsp3) is 0.812. The lowest BCUT2D eigenvalue weighted by atomic mass is 9.96. The molecule has 0 spiro atoms. The van der Waals surface area contributed by atoms with E-state index in [1.165, 1.54) is 57.4 Å². The van der Waals surface area contributed by atoms with Gasteiger partial charge >= 0.3 is 5.97 Å². The number of allylic oxidation sites excluding steroid dienone is 1. The summed E-state index contributed by atoms with van der Waals surface area (Å²) in [7, 11) is 0. The molecule has 106 valence electrons. The molecule has 1 atom stereocenters. The molecular formula is C16H30O2. The van der Waals surface area contributed by atoms with Crippen molar-refractivity contribution in [2.45, 2.75) is 78.1 Å². The number of unbranched alkanes of at least 4 members (excludes halogenated alkanes) is 6. The summed E-state index contributed by atoms with van der Waals surface area (Å²) in [5, 5.41) is 8.42. The Morgan fingerprint density at radius 3 is 2.28 bits per heavy atom. The van der Waals surface area contributed by atoms with Gasteiger partial charge in [0.15, 0.2) is 0 Å². The van der Waals surface area contributed by atoms with E-state index in [4.69, 9.17) is 5.11 Å². The highest BCUT2D eigenvalue weighted by Crippen LogP contribution is 2.17. The van der Waals surface area contributed by atoms with Crippen molar-refractivity contribution in [2.75, 3.05) is 0 Å². The van der Waals surface area contributed by atoms with Crippen molar-refractivity contribution in [3.05, 3.63) is 12.2 Å². The SMILES string of the molecule is CCCCCC(C)CCCCCCC=CC(=O)O. The third-order valence-electron chi connectivity index (χ3n) is 3.38. The van der Waals surface area contributed by atoms with Crippen LogP contribution in [0.4, 0.5) is 0 Å². The molecule has 2 heteroatoms. The van der Waals surface area contributed by atoms with E-state index < -0.39 is 5.97 Å². The minimum Gasteiger partial charge on any atom is -0.478 e. The lowest BCUT2D eigenvalue weighted by Crippen LogP contribution is -1.94. The van der Waals surface area contributed by atoms with Gasteiger partial charge in [0.1, 0.15) is 0 Å². The van der Waals surface area contributed by atoms with E-state index in [1.54, 1.807) is 6.08 Å². The minimum atomic E-state index is -0.837. The molecule has 1 N–H and O–H groups in total. The molecule has 0 radical (unpaired) electrons. The first kappa shape index (κ1) is 17.2. The number of hydrogen-bond acceptors (Lipinski definition) is 1. The van der Waals surface area contributed by atoms with Crippen molar-refractivity contribution in [1.82, 2.24) is 0 Å². The Kier molecular flexibility index (Phi) is 12.1. The average molecular weight is 254 g/mol. The van der Waals surface area contributed by atoms with E-state index in [0.29, 0.717) is 0 Å². The van der Waals surface area contributed by atoms with Gasteiger partial charge in [-0.25, -0.2) is 4.79 Å². The van der Waals surface area contributed by atoms with Crippen LogP contribution in [0, 0.1) is 5.92 Å². The van der Waals surface area contributed by atoms with Crippen LogP contribution >= 0.6 is 0 Å². The molecule has 0 saturated carbocycles. The Labute approximate surface area is 112 Å². The zero-order valence-electron chi connectivity index (χ0n) is 12.2. The topological polar surface area (TPSA) is 37.3 Å². The van der Waals surface area contributed by atoms with Crippen LogP contribution in [0.2, 0.25) is 0 Å². The van der Waals surface area contributed by atoms with E-state index in [0.717, 1.165) is 18.8 Å². The van der Waals surface area contributed by atoms with E-state index in [2.05, 4.69) is 13.8 Å². The van der Waals surface area contributed by atoms with Gasteiger partial charge in [-0.1, -0.05) is 71.3 Å². The van der Waals surface area contributed by atoms with Crippen LogP contribution in [-0.4, -0.2) is 11.1 Å². The highest BCUT2D eigenvalue weighted by molar-refractivity contribution is 5.79. The van der Waals surface area contributed by atoms with Crippen LogP contribution in [0.3, 0.4) is 0 Å². The molecule has 0 aliphatic rings. The van der Waals surface area contributed by atoms with Crippen molar-refractivity contribution in [2.24, 2.45) is 5.92 Å². The zero-order chi connectivity index (χ0) is 13.6. The smallest absolute Gasteiger partial charge is 0.327 e. The van der Waals surface area contributed by atoms with E-state index in [1.807, 2.05) is 0 Å². The molecule has 0 aliphatic carbocycles. The second-order valence-electron chi connectivity index (χ2n) is 5.33. The molecule has 0 aromatic heterocycles. The number of rotatable bonds is 12. The monoisotopic (exact) mass is 254 g/mol. The second kappa shape index (κ2) is 12.7. The Bertz CT molecular complexity index is 221. The summed E-state index contributed by atoms with van der Waals surface area (Å²) in [6, 6.07) is 0.